The summed E-state index contributed by atoms with van der Waals surface area (Å²) in [6.45, 7) is 0.367. The Bertz CT molecular complexity index is 380. The second kappa shape index (κ2) is 4.38. The average Bonchev–Trinajstić information content (AvgIpc) is 2.73. The van der Waals surface area contributed by atoms with Gasteiger partial charge < -0.3 is 14.9 Å². The maximum atomic E-state index is 13.1. The Morgan fingerprint density at radius 3 is 2.53 bits per heavy atom. The first-order valence-electron chi connectivity index (χ1n) is 5.70. The first kappa shape index (κ1) is 12.5. The molecule has 1 saturated carbocycles. The van der Waals surface area contributed by atoms with Crippen LogP contribution in [0, 0.1) is 0 Å². The van der Waals surface area contributed by atoms with Crippen LogP contribution in [-0.2, 0) is 16.9 Å². The second-order valence-electron chi connectivity index (χ2n) is 4.71. The fourth-order valence-electron chi connectivity index (χ4n) is 2.17. The van der Waals surface area contributed by atoms with Gasteiger partial charge in [-0.15, -0.1) is 0 Å². The van der Waals surface area contributed by atoms with Crippen LogP contribution in [0.15, 0.2) is 16.5 Å². The van der Waals surface area contributed by atoms with Crippen molar-refractivity contribution in [3.63, 3.8) is 0 Å². The van der Waals surface area contributed by atoms with Crippen molar-refractivity contribution in [2.45, 2.75) is 43.8 Å². The predicted molar refractivity (Wildman–Crippen MR) is 58.7 cm³/mol. The summed E-state index contributed by atoms with van der Waals surface area (Å²) in [5.41, 5.74) is 5.39. The molecule has 0 amide bonds. The molecule has 3 nitrogen and oxygen atoms in total. The molecule has 2 rings (SSSR count). The van der Waals surface area contributed by atoms with Crippen LogP contribution in [0.25, 0.3) is 0 Å². The van der Waals surface area contributed by atoms with Gasteiger partial charge in [-0.2, -0.15) is 0 Å². The van der Waals surface area contributed by atoms with E-state index in [0.29, 0.717) is 18.1 Å². The van der Waals surface area contributed by atoms with E-state index in [1.54, 1.807) is 19.2 Å². The summed E-state index contributed by atoms with van der Waals surface area (Å²) in [7, 11) is 1.57. The average molecular weight is 245 g/mol. The summed E-state index contributed by atoms with van der Waals surface area (Å²) >= 11 is 0. The molecular weight excluding hydrogens is 228 g/mol. The second-order valence-corrected chi connectivity index (χ2v) is 4.71. The maximum absolute atomic E-state index is 13.1. The molecule has 1 heterocycles. The van der Waals surface area contributed by atoms with E-state index in [2.05, 4.69) is 0 Å². The van der Waals surface area contributed by atoms with Gasteiger partial charge in [-0.05, 0) is 25.0 Å². The lowest BCUT2D eigenvalue weighted by Crippen LogP contribution is -2.43. The number of rotatable bonds is 3. The summed E-state index contributed by atoms with van der Waals surface area (Å²) in [5, 5.41) is 0. The summed E-state index contributed by atoms with van der Waals surface area (Å²) in [4.78, 5) is 0. The molecule has 0 radical (unpaired) electrons. The summed E-state index contributed by atoms with van der Waals surface area (Å²) < 4.78 is 36.6. The normalized spacial score (nSPS) is 22.6. The third-order valence-electron chi connectivity index (χ3n) is 3.31. The number of hydrogen-bond donors (Lipinski definition) is 1. The zero-order valence-corrected chi connectivity index (χ0v) is 9.84. The Morgan fingerprint density at radius 2 is 1.94 bits per heavy atom. The highest BCUT2D eigenvalue weighted by Gasteiger charge is 2.43. The topological polar surface area (TPSA) is 48.4 Å². The molecule has 0 aromatic carbocycles. The molecule has 0 atom stereocenters. The lowest BCUT2D eigenvalue weighted by Gasteiger charge is -2.35. The molecule has 5 heteroatoms. The van der Waals surface area contributed by atoms with Gasteiger partial charge in [-0.3, -0.25) is 0 Å². The van der Waals surface area contributed by atoms with E-state index in [1.165, 1.54) is 0 Å². The van der Waals surface area contributed by atoms with Crippen LogP contribution in [0.2, 0.25) is 0 Å². The molecule has 1 aromatic heterocycles. The van der Waals surface area contributed by atoms with Gasteiger partial charge in [0.25, 0.3) is 0 Å². The number of alkyl halides is 2. The van der Waals surface area contributed by atoms with Crippen LogP contribution >= 0.6 is 0 Å². The van der Waals surface area contributed by atoms with Crippen molar-refractivity contribution in [1.29, 1.82) is 0 Å². The molecule has 1 aliphatic carbocycles. The number of halogens is 2. The van der Waals surface area contributed by atoms with E-state index in [-0.39, 0.29) is 25.7 Å². The SMILES string of the molecule is COCc1ccc(C2(N)CCC(F)(F)CC2)o1. The Kier molecular flexibility index (Phi) is 3.23. The fourth-order valence-corrected chi connectivity index (χ4v) is 2.17. The van der Waals surface area contributed by atoms with Crippen molar-refractivity contribution in [3.05, 3.63) is 23.7 Å². The van der Waals surface area contributed by atoms with Gasteiger partial charge in [0.2, 0.25) is 5.92 Å². The number of ether oxygens (including phenoxy) is 1. The Labute approximate surface area is 98.9 Å². The highest BCUT2D eigenvalue weighted by Crippen LogP contribution is 2.42. The molecule has 2 N–H and O–H groups in total. The number of nitrogens with two attached hydrogens (primary N) is 1. The summed E-state index contributed by atoms with van der Waals surface area (Å²) in [5.74, 6) is -1.32. The molecule has 1 fully saturated rings. The van der Waals surface area contributed by atoms with Gasteiger partial charge in [-0.1, -0.05) is 0 Å². The van der Waals surface area contributed by atoms with Crippen LogP contribution in [0.1, 0.15) is 37.2 Å². The number of methoxy groups -OCH3 is 1. The van der Waals surface area contributed by atoms with Gasteiger partial charge in [0.05, 0.1) is 5.54 Å². The Hall–Kier alpha value is -0.940. The van der Waals surface area contributed by atoms with Gasteiger partial charge in [0.1, 0.15) is 18.1 Å². The molecule has 96 valence electrons. The van der Waals surface area contributed by atoms with Gasteiger partial charge in [0, 0.05) is 20.0 Å². The van der Waals surface area contributed by atoms with Gasteiger partial charge >= 0.3 is 0 Å². The number of hydrogen-bond acceptors (Lipinski definition) is 3. The molecule has 1 aromatic rings. The quantitative estimate of drug-likeness (QED) is 0.890. The third kappa shape index (κ3) is 2.66. The van der Waals surface area contributed by atoms with Crippen LogP contribution in [0.4, 0.5) is 8.78 Å². The zero-order chi connectivity index (χ0) is 12.5. The van der Waals surface area contributed by atoms with E-state index < -0.39 is 11.5 Å². The zero-order valence-electron chi connectivity index (χ0n) is 9.84. The molecule has 0 spiro atoms. The molecule has 0 aliphatic heterocycles. The van der Waals surface area contributed by atoms with Crippen LogP contribution < -0.4 is 5.73 Å². The van der Waals surface area contributed by atoms with E-state index >= 15 is 0 Å². The smallest absolute Gasteiger partial charge is 0.248 e. The van der Waals surface area contributed by atoms with Crippen molar-refractivity contribution in [2.24, 2.45) is 5.73 Å². The fraction of sp³-hybridized carbons (Fsp3) is 0.667. The molecule has 0 unspecified atom stereocenters. The van der Waals surface area contributed by atoms with Crippen LogP contribution in [0.3, 0.4) is 0 Å². The van der Waals surface area contributed by atoms with Crippen molar-refractivity contribution >= 4 is 0 Å². The molecule has 0 bridgehead atoms. The number of furan rings is 1. The first-order valence-corrected chi connectivity index (χ1v) is 5.70. The van der Waals surface area contributed by atoms with E-state index in [0.717, 1.165) is 0 Å². The minimum absolute atomic E-state index is 0.177. The van der Waals surface area contributed by atoms with Crippen LogP contribution in [-0.4, -0.2) is 13.0 Å². The third-order valence-corrected chi connectivity index (χ3v) is 3.31. The van der Waals surface area contributed by atoms with Crippen molar-refractivity contribution in [3.8, 4) is 0 Å². The lowest BCUT2D eigenvalue weighted by atomic mass is 9.79. The molecule has 0 saturated heterocycles. The monoisotopic (exact) mass is 245 g/mol. The predicted octanol–water partition coefficient (Wildman–Crippen LogP) is 2.79. The van der Waals surface area contributed by atoms with Crippen molar-refractivity contribution < 1.29 is 17.9 Å². The highest BCUT2D eigenvalue weighted by molar-refractivity contribution is 5.17. The van der Waals surface area contributed by atoms with Gasteiger partial charge in [0.15, 0.2) is 0 Å². The van der Waals surface area contributed by atoms with Crippen molar-refractivity contribution in [1.82, 2.24) is 0 Å². The van der Waals surface area contributed by atoms with E-state index in [1.807, 2.05) is 0 Å². The maximum Gasteiger partial charge on any atom is 0.248 e. The first-order chi connectivity index (χ1) is 7.95. The largest absolute Gasteiger partial charge is 0.462 e. The highest BCUT2D eigenvalue weighted by atomic mass is 19.3. The minimum atomic E-state index is -2.58. The minimum Gasteiger partial charge on any atom is -0.462 e. The standard InChI is InChI=1S/C12H17F2NO2/c1-16-8-9-2-3-10(17-9)11(15)4-6-12(13,14)7-5-11/h2-3H,4-8,15H2,1H3. The summed E-state index contributed by atoms with van der Waals surface area (Å²) in [6, 6.07) is 3.54. The van der Waals surface area contributed by atoms with E-state index in [9.17, 15) is 8.78 Å². The van der Waals surface area contributed by atoms with Gasteiger partial charge in [-0.25, -0.2) is 8.78 Å². The Morgan fingerprint density at radius 1 is 1.29 bits per heavy atom. The summed E-state index contributed by atoms with van der Waals surface area (Å²) in [6.07, 6.45) is 0.146. The molecule has 17 heavy (non-hydrogen) atoms. The lowest BCUT2D eigenvalue weighted by molar-refractivity contribution is -0.0541. The van der Waals surface area contributed by atoms with E-state index in [4.69, 9.17) is 14.9 Å². The van der Waals surface area contributed by atoms with Crippen molar-refractivity contribution in [2.75, 3.05) is 7.11 Å². The van der Waals surface area contributed by atoms with Crippen LogP contribution in [0.5, 0.6) is 0 Å². The molecular formula is C12H17F2NO2. The molecule has 1 aliphatic rings. The Balaban J connectivity index is 2.10.